The van der Waals surface area contributed by atoms with Crippen LogP contribution in [0, 0.1) is 13.8 Å². The number of para-hydroxylation sites is 1. The Hall–Kier alpha value is -2.37. The summed E-state index contributed by atoms with van der Waals surface area (Å²) in [5, 5.41) is 2.14. The molecule has 0 bridgehead atoms. The van der Waals surface area contributed by atoms with Crippen molar-refractivity contribution < 1.29 is 19.1 Å². The molecule has 2 rings (SSSR count). The van der Waals surface area contributed by atoms with Gasteiger partial charge in [0.2, 0.25) is 11.8 Å². The number of nitrogens with one attached hydrogen (secondary N) is 1. The van der Waals surface area contributed by atoms with Crippen molar-refractivity contribution >= 4 is 17.7 Å². The summed E-state index contributed by atoms with van der Waals surface area (Å²) in [5.41, 5.74) is 1.87. The third-order valence-electron chi connectivity index (χ3n) is 3.05. The first-order valence-electron chi connectivity index (χ1n) is 6.27. The van der Waals surface area contributed by atoms with Gasteiger partial charge >= 0.3 is 0 Å². The molecule has 0 unspecified atom stereocenters. The standard InChI is InChI=1S/C14H16N2O4/c1-9-4-3-5-10(2)14(9)20-8-13(19)16-6-11(17)15-12(18)7-16/h3-5H,6-8H2,1-2H3,(H,15,17,18). The minimum absolute atomic E-state index is 0.110. The molecule has 0 aromatic heterocycles. The van der Waals surface area contributed by atoms with Crippen molar-refractivity contribution in [2.75, 3.05) is 19.7 Å². The van der Waals surface area contributed by atoms with Crippen molar-refractivity contribution in [1.82, 2.24) is 10.2 Å². The van der Waals surface area contributed by atoms with E-state index in [9.17, 15) is 14.4 Å². The number of amides is 3. The number of piperazine rings is 1. The predicted molar refractivity (Wildman–Crippen MR) is 71.1 cm³/mol. The van der Waals surface area contributed by atoms with Crippen LogP contribution in [-0.2, 0) is 14.4 Å². The third-order valence-corrected chi connectivity index (χ3v) is 3.05. The molecule has 1 aliphatic heterocycles. The Morgan fingerprint density at radius 1 is 1.20 bits per heavy atom. The van der Waals surface area contributed by atoms with Crippen LogP contribution in [0.1, 0.15) is 11.1 Å². The number of nitrogens with zero attached hydrogens (tertiary/aromatic N) is 1. The second-order valence-corrected chi connectivity index (χ2v) is 4.73. The largest absolute Gasteiger partial charge is 0.483 e. The van der Waals surface area contributed by atoms with Crippen molar-refractivity contribution in [1.29, 1.82) is 0 Å². The Balaban J connectivity index is 1.98. The van der Waals surface area contributed by atoms with Gasteiger partial charge in [-0.2, -0.15) is 0 Å². The van der Waals surface area contributed by atoms with E-state index in [0.717, 1.165) is 11.1 Å². The summed E-state index contributed by atoms with van der Waals surface area (Å²) in [6.07, 6.45) is 0. The van der Waals surface area contributed by atoms with Gasteiger partial charge < -0.3 is 9.64 Å². The highest BCUT2D eigenvalue weighted by atomic mass is 16.5. The van der Waals surface area contributed by atoms with Gasteiger partial charge in [-0.25, -0.2) is 0 Å². The van der Waals surface area contributed by atoms with Crippen LogP contribution in [0.25, 0.3) is 0 Å². The van der Waals surface area contributed by atoms with E-state index >= 15 is 0 Å². The van der Waals surface area contributed by atoms with E-state index in [-0.39, 0.29) is 25.6 Å². The molecule has 0 radical (unpaired) electrons. The van der Waals surface area contributed by atoms with Crippen molar-refractivity contribution in [2.45, 2.75) is 13.8 Å². The van der Waals surface area contributed by atoms with E-state index in [4.69, 9.17) is 4.74 Å². The van der Waals surface area contributed by atoms with Crippen molar-refractivity contribution in [3.8, 4) is 5.75 Å². The van der Waals surface area contributed by atoms with Gasteiger partial charge in [-0.15, -0.1) is 0 Å². The maximum Gasteiger partial charge on any atom is 0.261 e. The fourth-order valence-electron chi connectivity index (χ4n) is 2.07. The zero-order valence-corrected chi connectivity index (χ0v) is 11.4. The first-order chi connectivity index (χ1) is 9.47. The number of aryl methyl sites for hydroxylation is 2. The first-order valence-corrected chi connectivity index (χ1v) is 6.27. The highest BCUT2D eigenvalue weighted by Crippen LogP contribution is 2.22. The van der Waals surface area contributed by atoms with E-state index in [1.165, 1.54) is 4.90 Å². The van der Waals surface area contributed by atoms with Gasteiger partial charge in [0.15, 0.2) is 6.61 Å². The zero-order chi connectivity index (χ0) is 14.7. The van der Waals surface area contributed by atoms with E-state index in [2.05, 4.69) is 5.32 Å². The van der Waals surface area contributed by atoms with Gasteiger partial charge in [-0.3, -0.25) is 19.7 Å². The first kappa shape index (κ1) is 14.0. The van der Waals surface area contributed by atoms with Crippen molar-refractivity contribution in [2.24, 2.45) is 0 Å². The highest BCUT2D eigenvalue weighted by Gasteiger charge is 2.26. The molecule has 20 heavy (non-hydrogen) atoms. The molecule has 106 valence electrons. The van der Waals surface area contributed by atoms with Gasteiger partial charge in [-0.05, 0) is 25.0 Å². The average Bonchev–Trinajstić information content (AvgIpc) is 2.36. The normalized spacial score (nSPS) is 15.0. The van der Waals surface area contributed by atoms with Crippen LogP contribution in [0.5, 0.6) is 5.75 Å². The second-order valence-electron chi connectivity index (χ2n) is 4.73. The molecule has 0 saturated carbocycles. The molecular weight excluding hydrogens is 260 g/mol. The molecule has 6 nitrogen and oxygen atoms in total. The molecule has 1 fully saturated rings. The molecule has 1 heterocycles. The number of imide groups is 1. The lowest BCUT2D eigenvalue weighted by atomic mass is 10.1. The monoisotopic (exact) mass is 276 g/mol. The summed E-state index contributed by atoms with van der Waals surface area (Å²) in [5.74, 6) is -0.659. The third kappa shape index (κ3) is 3.14. The molecule has 0 atom stereocenters. The van der Waals surface area contributed by atoms with E-state index < -0.39 is 11.8 Å². The van der Waals surface area contributed by atoms with Crippen LogP contribution in [0.4, 0.5) is 0 Å². The number of carbonyl (C=O) groups excluding carboxylic acids is 3. The van der Waals surface area contributed by atoms with Crippen LogP contribution < -0.4 is 10.1 Å². The Labute approximate surface area is 116 Å². The van der Waals surface area contributed by atoms with Gasteiger partial charge in [-0.1, -0.05) is 18.2 Å². The molecule has 6 heteroatoms. The Morgan fingerprint density at radius 2 is 1.75 bits per heavy atom. The number of ether oxygens (including phenoxy) is 1. The molecule has 1 aliphatic rings. The van der Waals surface area contributed by atoms with E-state index in [1.54, 1.807) is 0 Å². The van der Waals surface area contributed by atoms with Crippen LogP contribution in [-0.4, -0.2) is 42.3 Å². The van der Waals surface area contributed by atoms with E-state index in [1.807, 2.05) is 32.0 Å². The Morgan fingerprint density at radius 3 is 2.30 bits per heavy atom. The molecule has 1 aromatic rings. The number of rotatable bonds is 3. The SMILES string of the molecule is Cc1cccc(C)c1OCC(=O)N1CC(=O)NC(=O)C1. The second kappa shape index (κ2) is 5.73. The van der Waals surface area contributed by atoms with Gasteiger partial charge in [0.05, 0.1) is 0 Å². The summed E-state index contributed by atoms with van der Waals surface area (Å²) in [4.78, 5) is 35.6. The molecule has 0 aliphatic carbocycles. The maximum atomic E-state index is 12.0. The smallest absolute Gasteiger partial charge is 0.261 e. The minimum Gasteiger partial charge on any atom is -0.483 e. The van der Waals surface area contributed by atoms with Crippen LogP contribution in [0.15, 0.2) is 18.2 Å². The van der Waals surface area contributed by atoms with Crippen molar-refractivity contribution in [3.05, 3.63) is 29.3 Å². The van der Waals surface area contributed by atoms with Gasteiger partial charge in [0, 0.05) is 0 Å². The quantitative estimate of drug-likeness (QED) is 0.798. The molecule has 1 aromatic carbocycles. The number of carbonyl (C=O) groups is 3. The van der Waals surface area contributed by atoms with Gasteiger partial charge in [0.1, 0.15) is 18.8 Å². The summed E-state index contributed by atoms with van der Waals surface area (Å²) in [6.45, 7) is 3.38. The number of hydrogen-bond donors (Lipinski definition) is 1. The number of hydrogen-bond acceptors (Lipinski definition) is 4. The van der Waals surface area contributed by atoms with Gasteiger partial charge in [0.25, 0.3) is 5.91 Å². The average molecular weight is 276 g/mol. The minimum atomic E-state index is -0.471. The lowest BCUT2D eigenvalue weighted by Crippen LogP contribution is -2.54. The van der Waals surface area contributed by atoms with Crippen molar-refractivity contribution in [3.63, 3.8) is 0 Å². The van der Waals surface area contributed by atoms with Crippen LogP contribution in [0.2, 0.25) is 0 Å². The molecule has 3 amide bonds. The summed E-state index contributed by atoms with van der Waals surface area (Å²) >= 11 is 0. The van der Waals surface area contributed by atoms with Crippen LogP contribution >= 0.6 is 0 Å². The maximum absolute atomic E-state index is 12.0. The zero-order valence-electron chi connectivity index (χ0n) is 11.4. The molecule has 1 saturated heterocycles. The van der Waals surface area contributed by atoms with Crippen LogP contribution in [0.3, 0.4) is 0 Å². The molecule has 0 spiro atoms. The van der Waals surface area contributed by atoms with E-state index in [0.29, 0.717) is 5.75 Å². The summed E-state index contributed by atoms with van der Waals surface area (Å²) in [7, 11) is 0. The summed E-state index contributed by atoms with van der Waals surface area (Å²) in [6, 6.07) is 5.70. The molecular formula is C14H16N2O4. The fourth-order valence-corrected chi connectivity index (χ4v) is 2.07. The highest BCUT2D eigenvalue weighted by molar-refractivity contribution is 6.02. The molecule has 1 N–H and O–H groups in total. The lowest BCUT2D eigenvalue weighted by Gasteiger charge is -2.25. The Bertz CT molecular complexity index is 532. The topological polar surface area (TPSA) is 75.7 Å². The predicted octanol–water partition coefficient (Wildman–Crippen LogP) is 0.167. The Kier molecular flexibility index (Phi) is 4.02. The number of benzene rings is 1. The lowest BCUT2D eigenvalue weighted by molar-refractivity contribution is -0.146. The summed E-state index contributed by atoms with van der Waals surface area (Å²) < 4.78 is 5.52. The fraction of sp³-hybridized carbons (Fsp3) is 0.357.